The summed E-state index contributed by atoms with van der Waals surface area (Å²) in [6.45, 7) is 2.79. The maximum absolute atomic E-state index is 12.6. The van der Waals surface area contributed by atoms with Gasteiger partial charge in [-0.25, -0.2) is 4.98 Å². The van der Waals surface area contributed by atoms with Gasteiger partial charge in [0.05, 0.1) is 11.3 Å². The highest BCUT2D eigenvalue weighted by Gasteiger charge is 2.30. The Kier molecular flexibility index (Phi) is 5.60. The van der Waals surface area contributed by atoms with Gasteiger partial charge in [0.25, 0.3) is 0 Å². The monoisotopic (exact) mass is 402 g/mol. The Bertz CT molecular complexity index is 827. The zero-order valence-electron chi connectivity index (χ0n) is 13.0. The molecule has 0 fully saturated rings. The summed E-state index contributed by atoms with van der Waals surface area (Å²) in [4.78, 5) is 4.49. The van der Waals surface area contributed by atoms with E-state index in [4.69, 9.17) is 0 Å². The number of hydrogen-bond acceptors (Lipinski definition) is 7. The highest BCUT2D eigenvalue weighted by atomic mass is 32.2. The summed E-state index contributed by atoms with van der Waals surface area (Å²) in [5.74, 6) is 0.637. The van der Waals surface area contributed by atoms with E-state index in [1.165, 1.54) is 46.6 Å². The van der Waals surface area contributed by atoms with E-state index in [-0.39, 0.29) is 0 Å². The van der Waals surface area contributed by atoms with Crippen LogP contribution in [-0.4, -0.2) is 21.7 Å². The summed E-state index contributed by atoms with van der Waals surface area (Å²) >= 11 is 4.43. The molecule has 25 heavy (non-hydrogen) atoms. The average Bonchev–Trinajstić information content (AvgIpc) is 3.22. The minimum absolute atomic E-state index is 0.637. The maximum atomic E-state index is 12.6. The topological polar surface area (TPSA) is 50.7 Å². The van der Waals surface area contributed by atoms with E-state index < -0.39 is 11.7 Å². The lowest BCUT2D eigenvalue weighted by Gasteiger charge is -2.06. The lowest BCUT2D eigenvalue weighted by Crippen LogP contribution is -2.03. The number of rotatable bonds is 6. The number of nitrogens with one attached hydrogen (secondary N) is 1. The van der Waals surface area contributed by atoms with Gasteiger partial charge in [-0.3, -0.25) is 0 Å². The molecule has 1 N–H and O–H groups in total. The molecule has 10 heteroatoms. The minimum atomic E-state index is -4.32. The molecule has 132 valence electrons. The number of thioether (sulfide) groups is 1. The molecule has 0 saturated heterocycles. The number of halogens is 3. The van der Waals surface area contributed by atoms with Crippen LogP contribution in [0.15, 0.2) is 34.0 Å². The summed E-state index contributed by atoms with van der Waals surface area (Å²) < 4.78 is 38.7. The number of thiazole rings is 1. The van der Waals surface area contributed by atoms with Crippen LogP contribution in [0.25, 0.3) is 10.6 Å². The minimum Gasteiger partial charge on any atom is -0.360 e. The van der Waals surface area contributed by atoms with Crippen LogP contribution in [0.3, 0.4) is 0 Å². The first-order valence-corrected chi connectivity index (χ1v) is 9.96. The molecule has 0 aliphatic heterocycles. The van der Waals surface area contributed by atoms with Gasteiger partial charge in [0.2, 0.25) is 5.13 Å². The Balaban J connectivity index is 1.63. The SMILES string of the molecule is CCNc1nnc(SCc2csc(-c3ccc(C(F)(F)F)cc3)n2)s1. The first kappa shape index (κ1) is 18.2. The lowest BCUT2D eigenvalue weighted by molar-refractivity contribution is -0.137. The molecule has 4 nitrogen and oxygen atoms in total. The van der Waals surface area contributed by atoms with Gasteiger partial charge in [-0.15, -0.1) is 21.5 Å². The molecule has 0 unspecified atom stereocenters. The van der Waals surface area contributed by atoms with Crippen LogP contribution in [0.2, 0.25) is 0 Å². The second-order valence-electron chi connectivity index (χ2n) is 4.91. The maximum Gasteiger partial charge on any atom is 0.416 e. The van der Waals surface area contributed by atoms with Gasteiger partial charge in [-0.05, 0) is 19.1 Å². The predicted molar refractivity (Wildman–Crippen MR) is 96.2 cm³/mol. The molecule has 3 rings (SSSR count). The van der Waals surface area contributed by atoms with Gasteiger partial charge in [0.1, 0.15) is 5.01 Å². The van der Waals surface area contributed by atoms with Gasteiger partial charge in [0, 0.05) is 23.2 Å². The largest absolute Gasteiger partial charge is 0.416 e. The number of hydrogen-bond donors (Lipinski definition) is 1. The van der Waals surface area contributed by atoms with Gasteiger partial charge in [-0.1, -0.05) is 35.2 Å². The zero-order valence-corrected chi connectivity index (χ0v) is 15.5. The van der Waals surface area contributed by atoms with Crippen LogP contribution in [0.1, 0.15) is 18.2 Å². The third-order valence-corrected chi connectivity index (χ3v) is 6.08. The Morgan fingerprint density at radius 1 is 1.16 bits per heavy atom. The second kappa shape index (κ2) is 7.71. The fourth-order valence-corrected chi connectivity index (χ4v) is 4.58. The number of aromatic nitrogens is 3. The van der Waals surface area contributed by atoms with Crippen molar-refractivity contribution in [1.29, 1.82) is 0 Å². The van der Waals surface area contributed by atoms with Crippen molar-refractivity contribution >= 4 is 39.6 Å². The van der Waals surface area contributed by atoms with Crippen molar-refractivity contribution in [3.63, 3.8) is 0 Å². The average molecular weight is 402 g/mol. The van der Waals surface area contributed by atoms with Gasteiger partial charge in [0.15, 0.2) is 4.34 Å². The van der Waals surface area contributed by atoms with Crippen LogP contribution < -0.4 is 5.32 Å². The van der Waals surface area contributed by atoms with Gasteiger partial charge >= 0.3 is 6.18 Å². The Hall–Kier alpha value is -1.65. The van der Waals surface area contributed by atoms with Gasteiger partial charge in [-0.2, -0.15) is 13.2 Å². The van der Waals surface area contributed by atoms with Crippen LogP contribution in [0.5, 0.6) is 0 Å². The highest BCUT2D eigenvalue weighted by molar-refractivity contribution is 8.00. The third-order valence-electron chi connectivity index (χ3n) is 3.09. The molecular formula is C15H13F3N4S3. The molecule has 0 bridgehead atoms. The first-order valence-electron chi connectivity index (χ1n) is 7.28. The molecule has 0 saturated carbocycles. The van der Waals surface area contributed by atoms with Crippen LogP contribution in [0, 0.1) is 0 Å². The summed E-state index contributed by atoms with van der Waals surface area (Å²) in [7, 11) is 0. The number of alkyl halides is 3. The lowest BCUT2D eigenvalue weighted by atomic mass is 10.1. The molecule has 0 amide bonds. The van der Waals surface area contributed by atoms with Crippen LogP contribution in [-0.2, 0) is 11.9 Å². The van der Waals surface area contributed by atoms with Gasteiger partial charge < -0.3 is 5.32 Å². The van der Waals surface area contributed by atoms with Crippen molar-refractivity contribution in [1.82, 2.24) is 15.2 Å². The normalized spacial score (nSPS) is 11.7. The molecule has 2 aromatic heterocycles. The summed E-state index contributed by atoms with van der Waals surface area (Å²) in [5, 5.41) is 14.6. The number of benzene rings is 1. The van der Waals surface area contributed by atoms with E-state index in [9.17, 15) is 13.2 Å². The van der Waals surface area contributed by atoms with Crippen LogP contribution >= 0.6 is 34.4 Å². The van der Waals surface area contributed by atoms with Crippen molar-refractivity contribution < 1.29 is 13.2 Å². The Labute approximate surface area is 154 Å². The highest BCUT2D eigenvalue weighted by Crippen LogP contribution is 2.33. The van der Waals surface area contributed by atoms with E-state index in [2.05, 4.69) is 20.5 Å². The molecule has 0 radical (unpaired) electrons. The summed E-state index contributed by atoms with van der Waals surface area (Å²) in [6.07, 6.45) is -4.32. The number of nitrogens with zero attached hydrogens (tertiary/aromatic N) is 3. The van der Waals surface area contributed by atoms with E-state index >= 15 is 0 Å². The fourth-order valence-electron chi connectivity index (χ4n) is 1.93. The molecule has 0 atom stereocenters. The van der Waals surface area contributed by atoms with Crippen molar-refractivity contribution in [2.75, 3.05) is 11.9 Å². The molecule has 0 aliphatic rings. The van der Waals surface area contributed by atoms with E-state index in [0.29, 0.717) is 16.3 Å². The fraction of sp³-hybridized carbons (Fsp3) is 0.267. The second-order valence-corrected chi connectivity index (χ2v) is 7.97. The predicted octanol–water partition coefficient (Wildman–Crippen LogP) is 5.40. The first-order chi connectivity index (χ1) is 12.0. The standard InChI is InChI=1S/C15H13F3N4S3/c1-2-19-13-21-22-14(25-13)24-8-11-7-23-12(20-11)9-3-5-10(6-4-9)15(16,17)18/h3-7H,2,8H2,1H3,(H,19,21). The number of anilines is 1. The van der Waals surface area contributed by atoms with Crippen molar-refractivity contribution in [2.24, 2.45) is 0 Å². The molecular weight excluding hydrogens is 389 g/mol. The molecule has 3 aromatic rings. The quantitative estimate of drug-likeness (QED) is 0.559. The van der Waals surface area contributed by atoms with Crippen molar-refractivity contribution in [3.8, 4) is 10.6 Å². The molecule has 0 spiro atoms. The van der Waals surface area contributed by atoms with Crippen molar-refractivity contribution in [2.45, 2.75) is 23.2 Å². The van der Waals surface area contributed by atoms with E-state index in [1.54, 1.807) is 0 Å². The summed E-state index contributed by atoms with van der Waals surface area (Å²) in [5.41, 5.74) is 0.890. The van der Waals surface area contributed by atoms with E-state index in [1.807, 2.05) is 12.3 Å². The molecule has 1 aromatic carbocycles. The smallest absolute Gasteiger partial charge is 0.360 e. The van der Waals surface area contributed by atoms with E-state index in [0.717, 1.165) is 33.8 Å². The molecule has 2 heterocycles. The van der Waals surface area contributed by atoms with Crippen LogP contribution in [0.4, 0.5) is 18.3 Å². The zero-order chi connectivity index (χ0) is 17.9. The Morgan fingerprint density at radius 2 is 1.92 bits per heavy atom. The molecule has 0 aliphatic carbocycles. The third kappa shape index (κ3) is 4.71. The summed E-state index contributed by atoms with van der Waals surface area (Å²) in [6, 6.07) is 5.06. The Morgan fingerprint density at radius 3 is 2.60 bits per heavy atom. The van der Waals surface area contributed by atoms with Crippen molar-refractivity contribution in [3.05, 3.63) is 40.9 Å².